The topological polar surface area (TPSA) is 24.7 Å². The first-order chi connectivity index (χ1) is 9.65. The van der Waals surface area contributed by atoms with Crippen molar-refractivity contribution in [3.8, 4) is 0 Å². The standard InChI is InChI=1S/C16H12F2N2/c1-10-7-12-8-14(17)15(18)9-13(12)16(20-19-10)11-5-3-2-4-6-11/h2-6,8-9H,7H2,1H3. The van der Waals surface area contributed by atoms with Crippen LogP contribution in [0.3, 0.4) is 0 Å². The predicted octanol–water partition coefficient (Wildman–Crippen LogP) is 3.73. The number of hydrogen-bond acceptors (Lipinski definition) is 2. The number of fused-ring (bicyclic) bond motifs is 1. The Balaban J connectivity index is 2.23. The Bertz CT molecular complexity index is 719. The van der Waals surface area contributed by atoms with Crippen LogP contribution in [0.2, 0.25) is 0 Å². The van der Waals surface area contributed by atoms with E-state index in [0.717, 1.165) is 11.3 Å². The first-order valence-corrected chi connectivity index (χ1v) is 6.30. The molecule has 4 heteroatoms. The molecule has 0 atom stereocenters. The summed E-state index contributed by atoms with van der Waals surface area (Å²) in [4.78, 5) is 0. The minimum absolute atomic E-state index is 0.465. The molecular weight excluding hydrogens is 258 g/mol. The Hall–Kier alpha value is -2.36. The Morgan fingerprint density at radius 1 is 0.950 bits per heavy atom. The highest BCUT2D eigenvalue weighted by Crippen LogP contribution is 2.22. The van der Waals surface area contributed by atoms with E-state index in [9.17, 15) is 8.78 Å². The molecule has 2 nitrogen and oxygen atoms in total. The minimum atomic E-state index is -0.869. The number of rotatable bonds is 1. The third-order valence-corrected chi connectivity index (χ3v) is 3.22. The molecule has 0 aromatic heterocycles. The van der Waals surface area contributed by atoms with Crippen LogP contribution in [0.15, 0.2) is 52.7 Å². The van der Waals surface area contributed by atoms with Crippen molar-refractivity contribution in [2.24, 2.45) is 10.2 Å². The normalized spacial score (nSPS) is 14.2. The molecule has 0 bridgehead atoms. The summed E-state index contributed by atoms with van der Waals surface area (Å²) in [6.07, 6.45) is 0.465. The molecule has 0 aliphatic carbocycles. The highest BCUT2D eigenvalue weighted by atomic mass is 19.2. The molecule has 0 radical (unpaired) electrons. The lowest BCUT2D eigenvalue weighted by molar-refractivity contribution is 0.507. The van der Waals surface area contributed by atoms with Gasteiger partial charge in [-0.25, -0.2) is 8.78 Å². The molecule has 3 rings (SSSR count). The van der Waals surface area contributed by atoms with Gasteiger partial charge in [0.25, 0.3) is 0 Å². The van der Waals surface area contributed by atoms with Gasteiger partial charge >= 0.3 is 0 Å². The van der Waals surface area contributed by atoms with Crippen molar-refractivity contribution in [1.82, 2.24) is 0 Å². The maximum absolute atomic E-state index is 13.6. The third-order valence-electron chi connectivity index (χ3n) is 3.22. The molecule has 100 valence electrons. The van der Waals surface area contributed by atoms with E-state index in [2.05, 4.69) is 10.2 Å². The van der Waals surface area contributed by atoms with Crippen molar-refractivity contribution in [3.05, 3.63) is 70.8 Å². The van der Waals surface area contributed by atoms with Gasteiger partial charge in [0, 0.05) is 23.3 Å². The zero-order valence-corrected chi connectivity index (χ0v) is 10.9. The minimum Gasteiger partial charge on any atom is -0.204 e. The molecule has 1 heterocycles. The van der Waals surface area contributed by atoms with Crippen LogP contribution in [0, 0.1) is 11.6 Å². The van der Waals surface area contributed by atoms with Crippen molar-refractivity contribution < 1.29 is 8.78 Å². The SMILES string of the molecule is CC1=NN=C(c2ccccc2)c2cc(F)c(F)cc2C1. The number of benzene rings is 2. The van der Waals surface area contributed by atoms with E-state index in [1.54, 1.807) is 0 Å². The molecule has 2 aromatic rings. The molecule has 0 unspecified atom stereocenters. The van der Waals surface area contributed by atoms with Crippen LogP contribution in [-0.4, -0.2) is 11.4 Å². The third kappa shape index (κ3) is 2.25. The average Bonchev–Trinajstić information content (AvgIpc) is 2.59. The first-order valence-electron chi connectivity index (χ1n) is 6.30. The van der Waals surface area contributed by atoms with E-state index >= 15 is 0 Å². The van der Waals surface area contributed by atoms with Gasteiger partial charge in [0.1, 0.15) is 5.71 Å². The molecule has 0 amide bonds. The van der Waals surface area contributed by atoms with Crippen LogP contribution in [-0.2, 0) is 6.42 Å². The monoisotopic (exact) mass is 270 g/mol. The smallest absolute Gasteiger partial charge is 0.159 e. The van der Waals surface area contributed by atoms with Gasteiger partial charge in [-0.3, -0.25) is 0 Å². The predicted molar refractivity (Wildman–Crippen MR) is 75.3 cm³/mol. The zero-order chi connectivity index (χ0) is 14.1. The van der Waals surface area contributed by atoms with Crippen LogP contribution >= 0.6 is 0 Å². The molecule has 0 saturated heterocycles. The van der Waals surface area contributed by atoms with Crippen LogP contribution in [0.5, 0.6) is 0 Å². The lowest BCUT2D eigenvalue weighted by Crippen LogP contribution is -2.08. The first kappa shape index (κ1) is 12.7. The van der Waals surface area contributed by atoms with Crippen LogP contribution in [0.25, 0.3) is 0 Å². The van der Waals surface area contributed by atoms with Crippen LogP contribution < -0.4 is 0 Å². The molecule has 2 aromatic carbocycles. The molecular formula is C16H12F2N2. The van der Waals surface area contributed by atoms with Crippen molar-refractivity contribution in [2.45, 2.75) is 13.3 Å². The molecule has 20 heavy (non-hydrogen) atoms. The molecule has 1 aliphatic rings. The maximum Gasteiger partial charge on any atom is 0.159 e. The van der Waals surface area contributed by atoms with E-state index < -0.39 is 11.6 Å². The second-order valence-corrected chi connectivity index (χ2v) is 4.75. The Labute approximate surface area is 115 Å². The molecule has 0 fully saturated rings. The molecule has 0 spiro atoms. The fraction of sp³-hybridized carbons (Fsp3) is 0.125. The van der Waals surface area contributed by atoms with E-state index in [1.165, 1.54) is 12.1 Å². The van der Waals surface area contributed by atoms with Crippen molar-refractivity contribution in [2.75, 3.05) is 0 Å². The summed E-state index contributed by atoms with van der Waals surface area (Å²) >= 11 is 0. The van der Waals surface area contributed by atoms with Gasteiger partial charge in [0.05, 0.1) is 0 Å². The quantitative estimate of drug-likeness (QED) is 0.754. The second kappa shape index (κ2) is 4.96. The summed E-state index contributed by atoms with van der Waals surface area (Å²) in [7, 11) is 0. The summed E-state index contributed by atoms with van der Waals surface area (Å²) in [5, 5.41) is 8.32. The summed E-state index contributed by atoms with van der Waals surface area (Å²) in [5.41, 5.74) is 3.46. The zero-order valence-electron chi connectivity index (χ0n) is 10.9. The molecule has 0 N–H and O–H groups in total. The van der Waals surface area contributed by atoms with Gasteiger partial charge in [-0.15, -0.1) is 5.10 Å². The maximum atomic E-state index is 13.6. The molecule has 1 aliphatic heterocycles. The fourth-order valence-corrected chi connectivity index (χ4v) is 2.26. The average molecular weight is 270 g/mol. The van der Waals surface area contributed by atoms with Gasteiger partial charge in [-0.1, -0.05) is 30.3 Å². The summed E-state index contributed by atoms with van der Waals surface area (Å²) in [5.74, 6) is -1.71. The van der Waals surface area contributed by atoms with Gasteiger partial charge in [-0.2, -0.15) is 5.10 Å². The summed E-state index contributed by atoms with van der Waals surface area (Å²) in [6, 6.07) is 11.8. The van der Waals surface area contributed by atoms with Crippen LogP contribution in [0.4, 0.5) is 8.78 Å². The van der Waals surface area contributed by atoms with Crippen molar-refractivity contribution >= 4 is 11.4 Å². The van der Waals surface area contributed by atoms with Crippen LogP contribution in [0.1, 0.15) is 23.6 Å². The van der Waals surface area contributed by atoms with E-state index in [1.807, 2.05) is 37.3 Å². The number of halogens is 2. The Morgan fingerprint density at radius 3 is 2.40 bits per heavy atom. The number of hydrogen-bond donors (Lipinski definition) is 0. The number of nitrogens with zero attached hydrogens (tertiary/aromatic N) is 2. The van der Waals surface area contributed by atoms with Gasteiger partial charge < -0.3 is 0 Å². The van der Waals surface area contributed by atoms with Crippen molar-refractivity contribution in [3.63, 3.8) is 0 Å². The van der Waals surface area contributed by atoms with Crippen molar-refractivity contribution in [1.29, 1.82) is 0 Å². The van der Waals surface area contributed by atoms with Gasteiger partial charge in [0.2, 0.25) is 0 Å². The largest absolute Gasteiger partial charge is 0.204 e. The van der Waals surface area contributed by atoms with E-state index in [4.69, 9.17) is 0 Å². The van der Waals surface area contributed by atoms with E-state index in [-0.39, 0.29) is 0 Å². The Kier molecular flexibility index (Phi) is 3.14. The fourth-order valence-electron chi connectivity index (χ4n) is 2.26. The van der Waals surface area contributed by atoms with Gasteiger partial charge in [0.15, 0.2) is 11.6 Å². The lowest BCUT2D eigenvalue weighted by Gasteiger charge is -2.10. The highest BCUT2D eigenvalue weighted by molar-refractivity contribution is 6.15. The second-order valence-electron chi connectivity index (χ2n) is 4.75. The summed E-state index contributed by atoms with van der Waals surface area (Å²) < 4.78 is 27.0. The van der Waals surface area contributed by atoms with Gasteiger partial charge in [-0.05, 0) is 24.6 Å². The van der Waals surface area contributed by atoms with E-state index in [0.29, 0.717) is 23.3 Å². The summed E-state index contributed by atoms with van der Waals surface area (Å²) in [6.45, 7) is 1.82. The Morgan fingerprint density at radius 2 is 1.65 bits per heavy atom. The lowest BCUT2D eigenvalue weighted by atomic mass is 9.95. The molecule has 0 saturated carbocycles. The highest BCUT2D eigenvalue weighted by Gasteiger charge is 2.18.